The fraction of sp³-hybridized carbons (Fsp3) is 0.214. The molecule has 0 aliphatic heterocycles. The Kier molecular flexibility index (Phi) is 8.30. The minimum atomic E-state index is -4.69. The highest BCUT2D eigenvalue weighted by molar-refractivity contribution is 14.0. The molecule has 1 heterocycles. The first-order valence-electron chi connectivity index (χ1n) is 6.43. The van der Waals surface area contributed by atoms with E-state index in [-0.39, 0.29) is 42.2 Å². The molecule has 4 nitrogen and oxygen atoms in total. The molecule has 132 valence electrons. The minimum absolute atomic E-state index is 0. The first-order valence-corrected chi connectivity index (χ1v) is 8.10. The number of nitrogens with one attached hydrogen (secondary N) is 1. The van der Waals surface area contributed by atoms with Crippen LogP contribution in [0.3, 0.4) is 0 Å². The van der Waals surface area contributed by atoms with Crippen molar-refractivity contribution in [1.82, 2.24) is 5.32 Å². The summed E-state index contributed by atoms with van der Waals surface area (Å²) in [6, 6.07) is 7.48. The van der Waals surface area contributed by atoms with Gasteiger partial charge in [-0.25, -0.2) is 4.99 Å². The summed E-state index contributed by atoms with van der Waals surface area (Å²) in [6.07, 6.45) is -4.69. The van der Waals surface area contributed by atoms with E-state index in [1.54, 1.807) is 11.3 Å². The predicted octanol–water partition coefficient (Wildman–Crippen LogP) is 4.63. The maximum atomic E-state index is 12.1. The molecule has 0 amide bonds. The summed E-state index contributed by atoms with van der Waals surface area (Å²) in [5.74, 6) is 0.00439. The second-order valence-corrected chi connectivity index (χ2v) is 6.39. The van der Waals surface area contributed by atoms with E-state index < -0.39 is 6.36 Å². The van der Waals surface area contributed by atoms with Crippen LogP contribution in [0.1, 0.15) is 10.4 Å². The molecule has 0 radical (unpaired) electrons. The predicted molar refractivity (Wildman–Crippen MR) is 103 cm³/mol. The average molecular weight is 536 g/mol. The number of rotatable bonds is 5. The third-order valence-corrected chi connectivity index (χ3v) is 4.35. The lowest BCUT2D eigenvalue weighted by Crippen LogP contribution is -2.30. The normalized spacial score (nSPS) is 11.8. The van der Waals surface area contributed by atoms with E-state index in [2.05, 4.69) is 31.0 Å². The van der Waals surface area contributed by atoms with Crippen molar-refractivity contribution in [2.45, 2.75) is 19.5 Å². The number of hydrogen-bond donors (Lipinski definition) is 2. The lowest BCUT2D eigenvalue weighted by atomic mass is 10.2. The van der Waals surface area contributed by atoms with Crippen LogP contribution < -0.4 is 15.8 Å². The van der Waals surface area contributed by atoms with Crippen LogP contribution in [0.5, 0.6) is 5.75 Å². The molecule has 24 heavy (non-hydrogen) atoms. The largest absolute Gasteiger partial charge is 0.573 e. The third kappa shape index (κ3) is 7.71. The van der Waals surface area contributed by atoms with Crippen LogP contribution in [0.25, 0.3) is 0 Å². The maximum absolute atomic E-state index is 12.1. The van der Waals surface area contributed by atoms with Crippen molar-refractivity contribution in [2.24, 2.45) is 10.7 Å². The van der Waals surface area contributed by atoms with Crippen LogP contribution in [0.4, 0.5) is 13.2 Å². The molecule has 0 aliphatic carbocycles. The zero-order chi connectivity index (χ0) is 16.9. The van der Waals surface area contributed by atoms with Gasteiger partial charge < -0.3 is 15.8 Å². The molecule has 1 aromatic heterocycles. The average Bonchev–Trinajstić information content (AvgIpc) is 2.88. The summed E-state index contributed by atoms with van der Waals surface area (Å²) in [5.41, 5.74) is 6.47. The summed E-state index contributed by atoms with van der Waals surface area (Å²) in [4.78, 5) is 5.23. The number of ether oxygens (including phenoxy) is 1. The highest BCUT2D eigenvalue weighted by atomic mass is 127. The van der Waals surface area contributed by atoms with Crippen molar-refractivity contribution < 1.29 is 17.9 Å². The van der Waals surface area contributed by atoms with Gasteiger partial charge >= 0.3 is 6.36 Å². The van der Waals surface area contributed by atoms with E-state index >= 15 is 0 Å². The number of hydrogen-bond acceptors (Lipinski definition) is 3. The van der Waals surface area contributed by atoms with Gasteiger partial charge in [0.1, 0.15) is 5.75 Å². The summed E-state index contributed by atoms with van der Waals surface area (Å²) >= 11 is 4.95. The Morgan fingerprint density at radius 2 is 1.96 bits per heavy atom. The SMILES string of the molecule is I.NC(=NCc1ccc(OC(F)(F)F)cc1)NCc1cc(Br)cs1. The second-order valence-electron chi connectivity index (χ2n) is 4.48. The lowest BCUT2D eigenvalue weighted by Gasteiger charge is -2.09. The molecular weight excluding hydrogens is 522 g/mol. The smallest absolute Gasteiger partial charge is 0.406 e. The molecule has 3 N–H and O–H groups in total. The van der Waals surface area contributed by atoms with Crippen LogP contribution in [0.2, 0.25) is 0 Å². The molecular formula is C14H14BrF3IN3OS. The quantitative estimate of drug-likeness (QED) is 0.333. The van der Waals surface area contributed by atoms with Crippen molar-refractivity contribution in [2.75, 3.05) is 0 Å². The lowest BCUT2D eigenvalue weighted by molar-refractivity contribution is -0.274. The van der Waals surface area contributed by atoms with E-state index in [0.717, 1.165) is 14.9 Å². The van der Waals surface area contributed by atoms with Gasteiger partial charge in [-0.15, -0.1) is 48.5 Å². The first-order chi connectivity index (χ1) is 10.8. The van der Waals surface area contributed by atoms with Crippen LogP contribution in [0, 0.1) is 0 Å². The highest BCUT2D eigenvalue weighted by Crippen LogP contribution is 2.23. The van der Waals surface area contributed by atoms with Gasteiger partial charge in [0.2, 0.25) is 0 Å². The number of aliphatic imine (C=N–C) groups is 1. The molecule has 0 aliphatic rings. The Labute approximate surface area is 166 Å². The zero-order valence-electron chi connectivity index (χ0n) is 12.1. The van der Waals surface area contributed by atoms with Gasteiger partial charge in [0.25, 0.3) is 0 Å². The molecule has 0 unspecified atom stereocenters. The molecule has 0 fully saturated rings. The van der Waals surface area contributed by atoms with E-state index in [1.165, 1.54) is 24.3 Å². The number of nitrogens with two attached hydrogens (primary N) is 1. The van der Waals surface area contributed by atoms with Gasteiger partial charge in [-0.05, 0) is 39.7 Å². The van der Waals surface area contributed by atoms with Crippen LogP contribution in [-0.2, 0) is 13.1 Å². The van der Waals surface area contributed by atoms with Crippen LogP contribution in [0.15, 0.2) is 45.2 Å². The van der Waals surface area contributed by atoms with Gasteiger partial charge in [-0.3, -0.25) is 0 Å². The molecule has 0 spiro atoms. The highest BCUT2D eigenvalue weighted by Gasteiger charge is 2.30. The molecule has 1 aromatic carbocycles. The Morgan fingerprint density at radius 3 is 2.50 bits per heavy atom. The summed E-state index contributed by atoms with van der Waals surface area (Å²) in [5, 5.41) is 4.94. The Hall–Kier alpha value is -1.01. The standard InChI is InChI=1S/C14H13BrF3N3OS.HI/c15-10-5-12(23-8-10)7-21-13(19)20-6-9-1-3-11(4-2-9)22-14(16,17)18;/h1-5,8H,6-7H2,(H3,19,20,21);1H. The fourth-order valence-corrected chi connectivity index (χ4v) is 3.04. The molecule has 0 bridgehead atoms. The molecule has 10 heteroatoms. The van der Waals surface area contributed by atoms with Gasteiger partial charge in [-0.2, -0.15) is 0 Å². The summed E-state index contributed by atoms with van der Waals surface area (Å²) in [6.45, 7) is 0.823. The molecule has 0 saturated carbocycles. The van der Waals surface area contributed by atoms with Gasteiger partial charge in [0.15, 0.2) is 5.96 Å². The number of halogens is 5. The second kappa shape index (κ2) is 9.47. The summed E-state index contributed by atoms with van der Waals surface area (Å²) in [7, 11) is 0. The monoisotopic (exact) mass is 535 g/mol. The van der Waals surface area contributed by atoms with E-state index in [4.69, 9.17) is 5.73 Å². The maximum Gasteiger partial charge on any atom is 0.573 e. The molecule has 2 rings (SSSR count). The summed E-state index contributed by atoms with van der Waals surface area (Å²) < 4.78 is 41.0. The van der Waals surface area contributed by atoms with Crippen molar-refractivity contribution in [3.05, 3.63) is 50.6 Å². The number of alkyl halides is 3. The third-order valence-electron chi connectivity index (χ3n) is 2.65. The van der Waals surface area contributed by atoms with Gasteiger partial charge in [0, 0.05) is 14.7 Å². The number of thiophene rings is 1. The number of benzene rings is 1. The molecule has 0 atom stereocenters. The van der Waals surface area contributed by atoms with Crippen LogP contribution >= 0.6 is 51.2 Å². The van der Waals surface area contributed by atoms with Crippen molar-refractivity contribution in [3.8, 4) is 5.75 Å². The van der Waals surface area contributed by atoms with Crippen molar-refractivity contribution in [1.29, 1.82) is 0 Å². The van der Waals surface area contributed by atoms with E-state index in [9.17, 15) is 13.2 Å². The topological polar surface area (TPSA) is 59.6 Å². The zero-order valence-corrected chi connectivity index (χ0v) is 16.9. The van der Waals surface area contributed by atoms with Gasteiger partial charge in [0.05, 0.1) is 13.1 Å². The fourth-order valence-electron chi connectivity index (χ4n) is 1.65. The van der Waals surface area contributed by atoms with Crippen molar-refractivity contribution >= 4 is 57.2 Å². The van der Waals surface area contributed by atoms with Crippen LogP contribution in [-0.4, -0.2) is 12.3 Å². The van der Waals surface area contributed by atoms with Gasteiger partial charge in [-0.1, -0.05) is 12.1 Å². The Balaban J connectivity index is 0.00000288. The molecule has 0 saturated heterocycles. The molecule has 2 aromatic rings. The van der Waals surface area contributed by atoms with E-state index in [1.807, 2.05) is 11.4 Å². The Bertz CT molecular complexity index is 677. The number of guanidine groups is 1. The Morgan fingerprint density at radius 1 is 1.29 bits per heavy atom. The number of nitrogens with zero attached hydrogens (tertiary/aromatic N) is 1. The van der Waals surface area contributed by atoms with E-state index in [0.29, 0.717) is 6.54 Å². The minimum Gasteiger partial charge on any atom is -0.406 e. The van der Waals surface area contributed by atoms with Crippen molar-refractivity contribution in [3.63, 3.8) is 0 Å². The first kappa shape index (κ1) is 21.0.